The minimum Gasteiger partial charge on any atom is -0.481 e. The van der Waals surface area contributed by atoms with E-state index in [-0.39, 0.29) is 11.7 Å². The molecule has 0 aromatic heterocycles. The molecule has 0 aliphatic carbocycles. The Morgan fingerprint density at radius 2 is 2.05 bits per heavy atom. The third-order valence-corrected chi connectivity index (χ3v) is 3.60. The fraction of sp³-hybridized carbons (Fsp3) is 0.500. The van der Waals surface area contributed by atoms with Crippen LogP contribution >= 0.6 is 0 Å². The van der Waals surface area contributed by atoms with Gasteiger partial charge in [-0.2, -0.15) is 0 Å². The number of aryl methyl sites for hydroxylation is 1. The van der Waals surface area contributed by atoms with Gasteiger partial charge < -0.3 is 9.64 Å². The van der Waals surface area contributed by atoms with E-state index in [1.54, 1.807) is 11.8 Å². The number of hydrogen-bond donors (Lipinski definition) is 0. The van der Waals surface area contributed by atoms with E-state index in [2.05, 4.69) is 6.92 Å². The summed E-state index contributed by atoms with van der Waals surface area (Å²) in [6.45, 7) is 4.87. The Labute approximate surface area is 119 Å². The normalized spacial score (nSPS) is 16.9. The van der Waals surface area contributed by atoms with Gasteiger partial charge in [-0.3, -0.25) is 9.59 Å². The van der Waals surface area contributed by atoms with E-state index in [0.29, 0.717) is 25.9 Å². The number of carbonyl (C=O) groups is 2. The number of carbonyl (C=O) groups excluding carboxylic acids is 2. The van der Waals surface area contributed by atoms with Crippen LogP contribution in [-0.2, 0) is 16.0 Å². The molecule has 4 nitrogen and oxygen atoms in total. The summed E-state index contributed by atoms with van der Waals surface area (Å²) in [5.74, 6) is 0.913. The molecule has 1 aromatic carbocycles. The average Bonchev–Trinajstić information content (AvgIpc) is 2.47. The summed E-state index contributed by atoms with van der Waals surface area (Å²) in [7, 11) is 0. The number of nitrogens with zero attached hydrogens (tertiary/aromatic N) is 1. The van der Waals surface area contributed by atoms with Crippen molar-refractivity contribution in [2.45, 2.75) is 39.2 Å². The second kappa shape index (κ2) is 6.55. The van der Waals surface area contributed by atoms with Gasteiger partial charge in [0.1, 0.15) is 11.5 Å². The molecule has 0 N–H and O–H groups in total. The highest BCUT2D eigenvalue weighted by Crippen LogP contribution is 2.17. The number of rotatable bonds is 4. The Bertz CT molecular complexity index is 488. The lowest BCUT2D eigenvalue weighted by molar-refractivity contribution is -0.140. The van der Waals surface area contributed by atoms with Crippen LogP contribution in [0.3, 0.4) is 0 Å². The van der Waals surface area contributed by atoms with Crippen LogP contribution in [0.1, 0.15) is 32.3 Å². The molecule has 1 aliphatic heterocycles. The van der Waals surface area contributed by atoms with Gasteiger partial charge in [0.2, 0.25) is 0 Å². The maximum absolute atomic E-state index is 12.3. The number of benzene rings is 1. The highest BCUT2D eigenvalue weighted by Gasteiger charge is 2.25. The Hall–Kier alpha value is -1.84. The third-order valence-electron chi connectivity index (χ3n) is 3.60. The zero-order valence-corrected chi connectivity index (χ0v) is 12.1. The SMILES string of the molecule is CCc1cccc(OC(C)C(=O)N2CCC(=O)CC2)c1. The molecule has 0 radical (unpaired) electrons. The zero-order chi connectivity index (χ0) is 14.5. The van der Waals surface area contributed by atoms with Gasteiger partial charge >= 0.3 is 0 Å². The summed E-state index contributed by atoms with van der Waals surface area (Å²) in [6, 6.07) is 7.80. The van der Waals surface area contributed by atoms with Crippen LogP contribution in [0.15, 0.2) is 24.3 Å². The van der Waals surface area contributed by atoms with Gasteiger partial charge in [-0.25, -0.2) is 0 Å². The summed E-state index contributed by atoms with van der Waals surface area (Å²) in [5.41, 5.74) is 1.19. The first-order valence-electron chi connectivity index (χ1n) is 7.16. The van der Waals surface area contributed by atoms with Crippen molar-refractivity contribution in [3.05, 3.63) is 29.8 Å². The second-order valence-electron chi connectivity index (χ2n) is 5.12. The highest BCUT2D eigenvalue weighted by molar-refractivity contribution is 5.85. The molecule has 1 amide bonds. The van der Waals surface area contributed by atoms with Crippen LogP contribution in [0.4, 0.5) is 0 Å². The first kappa shape index (κ1) is 14.6. The molecule has 20 heavy (non-hydrogen) atoms. The number of Topliss-reactive ketones (excluding diaryl/α,β-unsaturated/α-hetero) is 1. The van der Waals surface area contributed by atoms with Gasteiger partial charge in [0, 0.05) is 25.9 Å². The highest BCUT2D eigenvalue weighted by atomic mass is 16.5. The molecule has 0 bridgehead atoms. The Kier molecular flexibility index (Phi) is 4.77. The van der Waals surface area contributed by atoms with Gasteiger partial charge in [0.15, 0.2) is 6.10 Å². The molecule has 1 unspecified atom stereocenters. The maximum Gasteiger partial charge on any atom is 0.263 e. The third kappa shape index (κ3) is 3.59. The van der Waals surface area contributed by atoms with Gasteiger partial charge in [-0.15, -0.1) is 0 Å². The van der Waals surface area contributed by atoms with Crippen molar-refractivity contribution >= 4 is 11.7 Å². The minimum absolute atomic E-state index is 0.0422. The minimum atomic E-state index is -0.518. The largest absolute Gasteiger partial charge is 0.481 e. The zero-order valence-electron chi connectivity index (χ0n) is 12.1. The van der Waals surface area contributed by atoms with Crippen LogP contribution in [0.5, 0.6) is 5.75 Å². The molecular formula is C16H21NO3. The molecule has 1 aliphatic rings. The van der Waals surface area contributed by atoms with Crippen molar-refractivity contribution < 1.29 is 14.3 Å². The van der Waals surface area contributed by atoms with Crippen molar-refractivity contribution in [2.75, 3.05) is 13.1 Å². The van der Waals surface area contributed by atoms with Gasteiger partial charge in [-0.1, -0.05) is 19.1 Å². The molecule has 2 rings (SSSR count). The van der Waals surface area contributed by atoms with Crippen LogP contribution in [-0.4, -0.2) is 35.8 Å². The van der Waals surface area contributed by atoms with E-state index in [0.717, 1.165) is 12.2 Å². The number of piperidine rings is 1. The molecule has 1 fully saturated rings. The number of amides is 1. The molecule has 4 heteroatoms. The number of ether oxygens (including phenoxy) is 1. The van der Waals surface area contributed by atoms with Crippen molar-refractivity contribution in [3.8, 4) is 5.75 Å². The maximum atomic E-state index is 12.3. The van der Waals surface area contributed by atoms with Crippen molar-refractivity contribution in [1.29, 1.82) is 0 Å². The summed E-state index contributed by atoms with van der Waals surface area (Å²) in [5, 5.41) is 0. The Balaban J connectivity index is 1.95. The predicted molar refractivity (Wildman–Crippen MR) is 76.7 cm³/mol. The van der Waals surface area contributed by atoms with E-state index in [9.17, 15) is 9.59 Å². The molecule has 0 saturated carbocycles. The van der Waals surface area contributed by atoms with Crippen LogP contribution in [0.2, 0.25) is 0 Å². The van der Waals surface area contributed by atoms with E-state index in [1.165, 1.54) is 5.56 Å². The van der Waals surface area contributed by atoms with E-state index in [1.807, 2.05) is 24.3 Å². The number of ketones is 1. The monoisotopic (exact) mass is 275 g/mol. The van der Waals surface area contributed by atoms with E-state index < -0.39 is 6.10 Å². The molecule has 1 aromatic rings. The van der Waals surface area contributed by atoms with Gasteiger partial charge in [0.05, 0.1) is 0 Å². The number of hydrogen-bond acceptors (Lipinski definition) is 3. The molecule has 1 saturated heterocycles. The molecule has 1 atom stereocenters. The van der Waals surface area contributed by atoms with Crippen molar-refractivity contribution in [3.63, 3.8) is 0 Å². The fourth-order valence-corrected chi connectivity index (χ4v) is 2.33. The van der Waals surface area contributed by atoms with Crippen LogP contribution in [0, 0.1) is 0 Å². The quantitative estimate of drug-likeness (QED) is 0.846. The lowest BCUT2D eigenvalue weighted by atomic mass is 10.1. The molecule has 108 valence electrons. The predicted octanol–water partition coefficient (Wildman–Crippen LogP) is 2.21. The van der Waals surface area contributed by atoms with E-state index in [4.69, 9.17) is 4.74 Å². The molecule has 0 spiro atoms. The van der Waals surface area contributed by atoms with E-state index >= 15 is 0 Å². The standard InChI is InChI=1S/C16H21NO3/c1-3-13-5-4-6-15(11-13)20-12(2)16(19)17-9-7-14(18)8-10-17/h4-6,11-12H,3,7-10H2,1-2H3. The van der Waals surface area contributed by atoms with Crippen LogP contribution in [0.25, 0.3) is 0 Å². The Morgan fingerprint density at radius 1 is 1.35 bits per heavy atom. The Morgan fingerprint density at radius 3 is 2.70 bits per heavy atom. The first-order valence-corrected chi connectivity index (χ1v) is 7.16. The number of likely N-dealkylation sites (tertiary alicyclic amines) is 1. The van der Waals surface area contributed by atoms with Gasteiger partial charge in [0.25, 0.3) is 5.91 Å². The van der Waals surface area contributed by atoms with Gasteiger partial charge in [-0.05, 0) is 31.0 Å². The average molecular weight is 275 g/mol. The summed E-state index contributed by atoms with van der Waals surface area (Å²) in [4.78, 5) is 25.2. The topological polar surface area (TPSA) is 46.6 Å². The first-order chi connectivity index (χ1) is 9.60. The van der Waals surface area contributed by atoms with Crippen molar-refractivity contribution in [2.24, 2.45) is 0 Å². The second-order valence-corrected chi connectivity index (χ2v) is 5.12. The van der Waals surface area contributed by atoms with Crippen LogP contribution < -0.4 is 4.74 Å². The fourth-order valence-electron chi connectivity index (χ4n) is 2.33. The summed E-state index contributed by atoms with van der Waals surface area (Å²) < 4.78 is 5.72. The molecule has 1 heterocycles. The molecular weight excluding hydrogens is 254 g/mol. The smallest absolute Gasteiger partial charge is 0.263 e. The summed E-state index contributed by atoms with van der Waals surface area (Å²) >= 11 is 0. The summed E-state index contributed by atoms with van der Waals surface area (Å²) in [6.07, 6.45) is 1.34. The van der Waals surface area contributed by atoms with Crippen molar-refractivity contribution in [1.82, 2.24) is 4.90 Å². The lowest BCUT2D eigenvalue weighted by Gasteiger charge is -2.28. The lowest BCUT2D eigenvalue weighted by Crippen LogP contribution is -2.44.